The summed E-state index contributed by atoms with van der Waals surface area (Å²) in [5.41, 5.74) is 5.35. The molecule has 1 amide bonds. The van der Waals surface area contributed by atoms with Crippen LogP contribution >= 0.6 is 0 Å². The second kappa shape index (κ2) is 8.19. The van der Waals surface area contributed by atoms with Crippen LogP contribution in [0.25, 0.3) is 0 Å². The summed E-state index contributed by atoms with van der Waals surface area (Å²) in [6, 6.07) is 8.28. The number of hydrogen-bond donors (Lipinski definition) is 1. The van der Waals surface area contributed by atoms with Gasteiger partial charge in [0, 0.05) is 7.05 Å². The molecule has 4 rings (SSSR count). The molecule has 5 nitrogen and oxygen atoms in total. The molecule has 2 aromatic carbocycles. The smallest absolute Gasteiger partial charge is 0.387 e. The molecule has 1 atom stereocenters. The van der Waals surface area contributed by atoms with Gasteiger partial charge < -0.3 is 10.5 Å². The Morgan fingerprint density at radius 1 is 1.25 bits per heavy atom. The van der Waals surface area contributed by atoms with Gasteiger partial charge in [0.15, 0.2) is 18.2 Å². The van der Waals surface area contributed by atoms with Gasteiger partial charge >= 0.3 is 6.61 Å². The topological polar surface area (TPSA) is 67.9 Å². The monoisotopic (exact) mass is 445 g/mol. The number of carbonyl (C=O) groups excluding carboxylic acids is 1. The third-order valence-electron chi connectivity index (χ3n) is 5.57. The van der Waals surface area contributed by atoms with Crippen molar-refractivity contribution in [3.8, 4) is 17.6 Å². The maximum Gasteiger partial charge on any atom is 0.387 e. The second-order valence-electron chi connectivity index (χ2n) is 7.58. The first-order chi connectivity index (χ1) is 15.3. The van der Waals surface area contributed by atoms with Crippen molar-refractivity contribution in [2.45, 2.75) is 30.9 Å². The molecular weight excluding hydrogens is 426 g/mol. The summed E-state index contributed by atoms with van der Waals surface area (Å²) in [6.45, 7) is -3.95. The van der Waals surface area contributed by atoms with Gasteiger partial charge in [0.2, 0.25) is 0 Å². The molecule has 0 saturated heterocycles. The number of hydrogen-bond acceptors (Lipinski definition) is 4. The highest BCUT2D eigenvalue weighted by atomic mass is 19.3. The van der Waals surface area contributed by atoms with Crippen molar-refractivity contribution in [3.63, 3.8) is 0 Å². The number of amides is 1. The van der Waals surface area contributed by atoms with Gasteiger partial charge in [-0.3, -0.25) is 9.69 Å². The van der Waals surface area contributed by atoms with Crippen LogP contribution in [0.2, 0.25) is 0 Å². The Balaban J connectivity index is 1.92. The Bertz CT molecular complexity index is 1170. The van der Waals surface area contributed by atoms with E-state index in [-0.39, 0.29) is 28.8 Å². The molecule has 1 fully saturated rings. The van der Waals surface area contributed by atoms with E-state index in [2.05, 4.69) is 21.6 Å². The van der Waals surface area contributed by atoms with E-state index in [1.807, 2.05) is 0 Å². The van der Waals surface area contributed by atoms with Crippen LogP contribution in [0.3, 0.4) is 0 Å². The van der Waals surface area contributed by atoms with Crippen molar-refractivity contribution >= 4 is 11.9 Å². The van der Waals surface area contributed by atoms with Gasteiger partial charge in [-0.15, -0.1) is 0 Å². The van der Waals surface area contributed by atoms with E-state index in [0.717, 1.165) is 23.8 Å². The van der Waals surface area contributed by atoms with Crippen LogP contribution in [0.4, 0.5) is 17.6 Å². The number of nitrogens with zero attached hydrogens (tertiary/aromatic N) is 2. The number of nitrogens with two attached hydrogens (primary N) is 1. The first kappa shape index (κ1) is 21.7. The fourth-order valence-electron chi connectivity index (χ4n) is 3.85. The Morgan fingerprint density at radius 3 is 2.53 bits per heavy atom. The lowest BCUT2D eigenvalue weighted by Gasteiger charge is -2.27. The van der Waals surface area contributed by atoms with Gasteiger partial charge in [0.1, 0.15) is 11.6 Å². The second-order valence-corrected chi connectivity index (χ2v) is 7.58. The highest BCUT2D eigenvalue weighted by Gasteiger charge is 2.50. The van der Waals surface area contributed by atoms with Crippen molar-refractivity contribution in [3.05, 3.63) is 64.5 Å². The summed E-state index contributed by atoms with van der Waals surface area (Å²) in [5, 5.41) is 0. The number of guanidine groups is 1. The van der Waals surface area contributed by atoms with E-state index in [0.29, 0.717) is 11.1 Å². The lowest BCUT2D eigenvalue weighted by Crippen LogP contribution is -2.41. The average Bonchev–Trinajstić information content (AvgIpc) is 3.58. The molecule has 0 radical (unpaired) electrons. The van der Waals surface area contributed by atoms with Gasteiger partial charge in [-0.1, -0.05) is 24.0 Å². The molecule has 2 aromatic rings. The van der Waals surface area contributed by atoms with Crippen LogP contribution in [0.15, 0.2) is 41.4 Å². The largest absolute Gasteiger partial charge is 0.435 e. The Morgan fingerprint density at radius 2 is 1.94 bits per heavy atom. The maximum absolute atomic E-state index is 14.2. The molecule has 1 unspecified atom stereocenters. The summed E-state index contributed by atoms with van der Waals surface area (Å²) >= 11 is 0. The van der Waals surface area contributed by atoms with Crippen LogP contribution < -0.4 is 10.5 Å². The number of aliphatic imine (C=N–C) groups is 1. The summed E-state index contributed by atoms with van der Waals surface area (Å²) in [7, 11) is 1.45. The normalized spacial score (nSPS) is 20.2. The Hall–Kier alpha value is -3.54. The molecular formula is C23H19F4N3O2. The molecule has 0 spiro atoms. The highest BCUT2D eigenvalue weighted by Crippen LogP contribution is 2.48. The fourth-order valence-corrected chi connectivity index (χ4v) is 3.85. The van der Waals surface area contributed by atoms with E-state index in [1.165, 1.54) is 31.3 Å². The molecule has 1 saturated carbocycles. The quantitative estimate of drug-likeness (QED) is 0.564. The summed E-state index contributed by atoms with van der Waals surface area (Å²) < 4.78 is 57.2. The van der Waals surface area contributed by atoms with Gasteiger partial charge in [-0.25, -0.2) is 13.8 Å². The van der Waals surface area contributed by atoms with Crippen molar-refractivity contribution in [2.24, 2.45) is 10.7 Å². The lowest BCUT2D eigenvalue weighted by atomic mass is 9.81. The van der Waals surface area contributed by atoms with Gasteiger partial charge in [0.05, 0.1) is 5.56 Å². The number of likely N-dealkylation sites (N-methyl/N-ethyl adjacent to an activating group) is 1. The van der Waals surface area contributed by atoms with Crippen LogP contribution in [0, 0.1) is 17.7 Å². The van der Waals surface area contributed by atoms with Crippen molar-refractivity contribution in [1.82, 2.24) is 4.90 Å². The zero-order valence-electron chi connectivity index (χ0n) is 17.0. The van der Waals surface area contributed by atoms with Gasteiger partial charge in [0.25, 0.3) is 5.91 Å². The van der Waals surface area contributed by atoms with Crippen molar-refractivity contribution < 1.29 is 27.1 Å². The average molecular weight is 445 g/mol. The fraction of sp³-hybridized carbons (Fsp3) is 0.304. The standard InChI is InChI=1S/C23H19F4N3O2/c1-30-20(31)23(29-22(30)28,15-6-8-18(25)14(11-15)3-2-10-24)16-7-9-19(32-21(26)27)17(12-16)13-4-5-13/h6-9,11-13,21H,4-5,10H2,1H3,(H2,28,29). The number of halogens is 4. The van der Waals surface area contributed by atoms with Crippen molar-refractivity contribution in [1.29, 1.82) is 0 Å². The molecule has 0 bridgehead atoms. The highest BCUT2D eigenvalue weighted by molar-refractivity contribution is 6.09. The Labute approximate surface area is 181 Å². The predicted octanol–water partition coefficient (Wildman–Crippen LogP) is 3.66. The van der Waals surface area contributed by atoms with Gasteiger partial charge in [-0.2, -0.15) is 8.78 Å². The summed E-state index contributed by atoms with van der Waals surface area (Å²) in [4.78, 5) is 19.0. The molecule has 2 aliphatic rings. The van der Waals surface area contributed by atoms with E-state index >= 15 is 0 Å². The third kappa shape index (κ3) is 3.66. The first-order valence-corrected chi connectivity index (χ1v) is 9.85. The van der Waals surface area contributed by atoms with Crippen LogP contribution in [-0.2, 0) is 10.3 Å². The minimum Gasteiger partial charge on any atom is -0.435 e. The zero-order chi connectivity index (χ0) is 23.0. The lowest BCUT2D eigenvalue weighted by molar-refractivity contribution is -0.129. The minimum atomic E-state index is -2.99. The third-order valence-corrected chi connectivity index (χ3v) is 5.57. The van der Waals surface area contributed by atoms with Crippen LogP contribution in [0.5, 0.6) is 5.75 Å². The molecule has 166 valence electrons. The van der Waals surface area contributed by atoms with Crippen LogP contribution in [-0.4, -0.2) is 37.1 Å². The van der Waals surface area contributed by atoms with Crippen LogP contribution in [0.1, 0.15) is 41.0 Å². The number of benzene rings is 2. The Kier molecular flexibility index (Phi) is 5.55. The molecule has 1 aliphatic heterocycles. The molecule has 9 heteroatoms. The van der Waals surface area contributed by atoms with E-state index < -0.39 is 30.5 Å². The van der Waals surface area contributed by atoms with E-state index in [4.69, 9.17) is 5.73 Å². The zero-order valence-corrected chi connectivity index (χ0v) is 17.0. The molecule has 0 aromatic heterocycles. The minimum absolute atomic E-state index is 0.0236. The van der Waals surface area contributed by atoms with Gasteiger partial charge in [-0.05, 0) is 59.7 Å². The SMILES string of the molecule is CN1C(=O)C(c2ccc(F)c(C#CCF)c2)(c2ccc(OC(F)F)c(C3CC3)c2)N=C1N. The number of ether oxygens (including phenoxy) is 1. The van der Waals surface area contributed by atoms with E-state index in [1.54, 1.807) is 6.07 Å². The number of carbonyl (C=O) groups is 1. The molecule has 32 heavy (non-hydrogen) atoms. The first-order valence-electron chi connectivity index (χ1n) is 9.85. The number of alkyl halides is 3. The predicted molar refractivity (Wildman–Crippen MR) is 109 cm³/mol. The summed E-state index contributed by atoms with van der Waals surface area (Å²) in [5.74, 6) is 3.37. The molecule has 2 N–H and O–H groups in total. The molecule has 1 aliphatic carbocycles. The number of rotatable bonds is 5. The summed E-state index contributed by atoms with van der Waals surface area (Å²) in [6.07, 6.45) is 1.60. The van der Waals surface area contributed by atoms with E-state index in [9.17, 15) is 22.4 Å². The maximum atomic E-state index is 14.2. The van der Waals surface area contributed by atoms with Crippen molar-refractivity contribution in [2.75, 3.05) is 13.7 Å². The molecule has 1 heterocycles.